The minimum atomic E-state index is -0.212. The molecule has 0 aliphatic heterocycles. The van der Waals surface area contributed by atoms with E-state index >= 15 is 0 Å². The Morgan fingerprint density at radius 3 is 2.25 bits per heavy atom. The molecule has 0 aliphatic carbocycles. The summed E-state index contributed by atoms with van der Waals surface area (Å²) in [6, 6.07) is 0. The van der Waals surface area contributed by atoms with Gasteiger partial charge >= 0.3 is 0 Å². The van der Waals surface area contributed by atoms with Crippen LogP contribution in [0.3, 0.4) is 0 Å². The molecular formula is C10H20O2. The molecule has 0 saturated heterocycles. The van der Waals surface area contributed by atoms with E-state index in [9.17, 15) is 0 Å². The fourth-order valence-corrected chi connectivity index (χ4v) is 0.911. The van der Waals surface area contributed by atoms with Crippen molar-refractivity contribution in [1.29, 1.82) is 0 Å². The van der Waals surface area contributed by atoms with Gasteiger partial charge in [-0.2, -0.15) is 0 Å². The number of allylic oxidation sites excluding steroid dienone is 1. The summed E-state index contributed by atoms with van der Waals surface area (Å²) in [6.45, 7) is 4.09. The third-order valence-corrected chi connectivity index (χ3v) is 2.07. The van der Waals surface area contributed by atoms with Crippen molar-refractivity contribution < 1.29 is 10.2 Å². The molecule has 0 amide bonds. The number of hydrogen-bond acceptors (Lipinski definition) is 2. The van der Waals surface area contributed by atoms with Gasteiger partial charge in [0.25, 0.3) is 0 Å². The average Bonchev–Trinajstić information content (AvgIpc) is 2.03. The van der Waals surface area contributed by atoms with E-state index in [1.165, 1.54) is 0 Å². The Bertz CT molecular complexity index is 119. The zero-order valence-electron chi connectivity index (χ0n) is 8.03. The topological polar surface area (TPSA) is 40.5 Å². The Morgan fingerprint density at radius 2 is 1.75 bits per heavy atom. The highest BCUT2D eigenvalue weighted by Crippen LogP contribution is 2.10. The first-order chi connectivity index (χ1) is 5.68. The van der Waals surface area contributed by atoms with E-state index in [1.54, 1.807) is 0 Å². The molecule has 0 radical (unpaired) electrons. The SMILES string of the molecule is CC(O)C(C)CCC=CCCO. The van der Waals surface area contributed by atoms with Crippen LogP contribution in [0.4, 0.5) is 0 Å². The van der Waals surface area contributed by atoms with Crippen LogP contribution < -0.4 is 0 Å². The lowest BCUT2D eigenvalue weighted by molar-refractivity contribution is 0.130. The average molecular weight is 172 g/mol. The molecule has 0 bridgehead atoms. The van der Waals surface area contributed by atoms with Gasteiger partial charge in [0, 0.05) is 6.61 Å². The number of rotatable bonds is 6. The van der Waals surface area contributed by atoms with Crippen LogP contribution in [-0.2, 0) is 0 Å². The van der Waals surface area contributed by atoms with Gasteiger partial charge in [0.1, 0.15) is 0 Å². The van der Waals surface area contributed by atoms with Crippen LogP contribution in [0.1, 0.15) is 33.1 Å². The quantitative estimate of drug-likeness (QED) is 0.599. The first kappa shape index (κ1) is 11.7. The summed E-state index contributed by atoms with van der Waals surface area (Å²) in [5.41, 5.74) is 0. The fraction of sp³-hybridized carbons (Fsp3) is 0.800. The van der Waals surface area contributed by atoms with E-state index in [-0.39, 0.29) is 12.7 Å². The van der Waals surface area contributed by atoms with E-state index < -0.39 is 0 Å². The predicted octanol–water partition coefficient (Wildman–Crippen LogP) is 1.72. The maximum absolute atomic E-state index is 9.16. The fourth-order valence-electron chi connectivity index (χ4n) is 0.911. The minimum absolute atomic E-state index is 0.212. The molecule has 0 fully saturated rings. The van der Waals surface area contributed by atoms with E-state index in [2.05, 4.69) is 6.08 Å². The van der Waals surface area contributed by atoms with Gasteiger partial charge in [0.2, 0.25) is 0 Å². The molecule has 0 aromatic heterocycles. The highest BCUT2D eigenvalue weighted by Gasteiger charge is 2.06. The second-order valence-electron chi connectivity index (χ2n) is 3.28. The Morgan fingerprint density at radius 1 is 1.17 bits per heavy atom. The number of hydrogen-bond donors (Lipinski definition) is 2. The molecular weight excluding hydrogens is 152 g/mol. The summed E-state index contributed by atoms with van der Waals surface area (Å²) in [5, 5.41) is 17.6. The van der Waals surface area contributed by atoms with Crippen LogP contribution in [-0.4, -0.2) is 22.9 Å². The smallest absolute Gasteiger partial charge is 0.0537 e. The molecule has 2 heteroatoms. The maximum Gasteiger partial charge on any atom is 0.0537 e. The lowest BCUT2D eigenvalue weighted by Gasteiger charge is -2.12. The highest BCUT2D eigenvalue weighted by molar-refractivity contribution is 4.82. The van der Waals surface area contributed by atoms with Crippen LogP contribution >= 0.6 is 0 Å². The van der Waals surface area contributed by atoms with Crippen molar-refractivity contribution in [3.63, 3.8) is 0 Å². The summed E-state index contributed by atoms with van der Waals surface area (Å²) in [7, 11) is 0. The molecule has 0 spiro atoms. The molecule has 0 rings (SSSR count). The molecule has 2 atom stereocenters. The van der Waals surface area contributed by atoms with Gasteiger partial charge in [-0.1, -0.05) is 19.1 Å². The third-order valence-electron chi connectivity index (χ3n) is 2.07. The highest BCUT2D eigenvalue weighted by atomic mass is 16.3. The van der Waals surface area contributed by atoms with Crippen LogP contribution in [0, 0.1) is 5.92 Å². The van der Waals surface area contributed by atoms with E-state index in [0.29, 0.717) is 5.92 Å². The Hall–Kier alpha value is -0.340. The first-order valence-electron chi connectivity index (χ1n) is 4.62. The normalized spacial score (nSPS) is 16.7. The predicted molar refractivity (Wildman–Crippen MR) is 50.9 cm³/mol. The van der Waals surface area contributed by atoms with Gasteiger partial charge in [-0.3, -0.25) is 0 Å². The summed E-state index contributed by atoms with van der Waals surface area (Å²) in [6.07, 6.45) is 6.58. The second-order valence-corrected chi connectivity index (χ2v) is 3.28. The number of aliphatic hydroxyl groups excluding tert-OH is 2. The second kappa shape index (κ2) is 7.32. The van der Waals surface area contributed by atoms with Gasteiger partial charge in [0.05, 0.1) is 6.10 Å². The lowest BCUT2D eigenvalue weighted by atomic mass is 10.0. The molecule has 0 heterocycles. The number of aliphatic hydroxyl groups is 2. The summed E-state index contributed by atoms with van der Waals surface area (Å²) >= 11 is 0. The van der Waals surface area contributed by atoms with E-state index in [1.807, 2.05) is 19.9 Å². The van der Waals surface area contributed by atoms with Gasteiger partial charge in [-0.05, 0) is 32.1 Å². The van der Waals surface area contributed by atoms with Crippen LogP contribution in [0.2, 0.25) is 0 Å². The van der Waals surface area contributed by atoms with Crippen molar-refractivity contribution in [3.05, 3.63) is 12.2 Å². The van der Waals surface area contributed by atoms with Crippen molar-refractivity contribution >= 4 is 0 Å². The zero-order valence-corrected chi connectivity index (χ0v) is 8.03. The molecule has 12 heavy (non-hydrogen) atoms. The minimum Gasteiger partial charge on any atom is -0.396 e. The zero-order chi connectivity index (χ0) is 9.40. The Kier molecular flexibility index (Phi) is 7.11. The third kappa shape index (κ3) is 6.38. The molecule has 0 aliphatic rings. The standard InChI is InChI=1S/C10H20O2/c1-9(10(2)12)7-5-3-4-6-8-11/h3-4,9-12H,5-8H2,1-2H3. The largest absolute Gasteiger partial charge is 0.396 e. The Balaban J connectivity index is 3.30. The molecule has 2 nitrogen and oxygen atoms in total. The molecule has 0 aromatic carbocycles. The van der Waals surface area contributed by atoms with Gasteiger partial charge in [0.15, 0.2) is 0 Å². The first-order valence-corrected chi connectivity index (χ1v) is 4.62. The van der Waals surface area contributed by atoms with E-state index in [0.717, 1.165) is 19.3 Å². The van der Waals surface area contributed by atoms with Crippen molar-refractivity contribution in [2.24, 2.45) is 5.92 Å². The van der Waals surface area contributed by atoms with Gasteiger partial charge in [-0.15, -0.1) is 0 Å². The molecule has 0 saturated carbocycles. The Labute approximate surface area is 74.9 Å². The van der Waals surface area contributed by atoms with Crippen LogP contribution in [0.15, 0.2) is 12.2 Å². The maximum atomic E-state index is 9.16. The molecule has 2 unspecified atom stereocenters. The summed E-state index contributed by atoms with van der Waals surface area (Å²) < 4.78 is 0. The molecule has 2 N–H and O–H groups in total. The van der Waals surface area contributed by atoms with E-state index in [4.69, 9.17) is 10.2 Å². The van der Waals surface area contributed by atoms with Gasteiger partial charge in [-0.25, -0.2) is 0 Å². The van der Waals surface area contributed by atoms with Gasteiger partial charge < -0.3 is 10.2 Å². The van der Waals surface area contributed by atoms with Crippen molar-refractivity contribution in [3.8, 4) is 0 Å². The molecule has 72 valence electrons. The monoisotopic (exact) mass is 172 g/mol. The van der Waals surface area contributed by atoms with Crippen molar-refractivity contribution in [2.75, 3.05) is 6.61 Å². The van der Waals surface area contributed by atoms with Crippen molar-refractivity contribution in [1.82, 2.24) is 0 Å². The van der Waals surface area contributed by atoms with Crippen molar-refractivity contribution in [2.45, 2.75) is 39.2 Å². The molecule has 0 aromatic rings. The summed E-state index contributed by atoms with van der Waals surface area (Å²) in [5.74, 6) is 0.365. The lowest BCUT2D eigenvalue weighted by Crippen LogP contribution is -2.12. The van der Waals surface area contributed by atoms with Crippen LogP contribution in [0.25, 0.3) is 0 Å². The van der Waals surface area contributed by atoms with Crippen LogP contribution in [0.5, 0.6) is 0 Å². The summed E-state index contributed by atoms with van der Waals surface area (Å²) in [4.78, 5) is 0.